The zero-order valence-corrected chi connectivity index (χ0v) is 10.3. The summed E-state index contributed by atoms with van der Waals surface area (Å²) in [6.45, 7) is 2.04. The summed E-state index contributed by atoms with van der Waals surface area (Å²) < 4.78 is 0. The quantitative estimate of drug-likeness (QED) is 0.767. The number of rotatable bonds is 3. The Morgan fingerprint density at radius 1 is 1.26 bits per heavy atom. The van der Waals surface area contributed by atoms with Crippen LogP contribution in [-0.2, 0) is 6.54 Å². The maximum Gasteiger partial charge on any atom is 0.255 e. The van der Waals surface area contributed by atoms with Crippen molar-refractivity contribution in [2.75, 3.05) is 0 Å². The number of phenolic OH excluding ortho intramolecular Hbond substituents is 2. The third-order valence-corrected chi connectivity index (χ3v) is 2.49. The molecule has 2 rings (SSSR count). The van der Waals surface area contributed by atoms with Crippen molar-refractivity contribution >= 4 is 5.91 Å². The van der Waals surface area contributed by atoms with Crippen LogP contribution in [0.3, 0.4) is 0 Å². The molecule has 19 heavy (non-hydrogen) atoms. The first kappa shape index (κ1) is 12.8. The summed E-state index contributed by atoms with van der Waals surface area (Å²) in [5.41, 5.74) is 1.52. The number of hydrogen-bond donors (Lipinski definition) is 3. The average Bonchev–Trinajstić information content (AvgIpc) is 2.37. The molecule has 0 bridgehead atoms. The van der Waals surface area contributed by atoms with Crippen LogP contribution >= 0.6 is 0 Å². The van der Waals surface area contributed by atoms with Gasteiger partial charge in [0.1, 0.15) is 11.5 Å². The van der Waals surface area contributed by atoms with Crippen LogP contribution in [0.1, 0.15) is 21.7 Å². The Kier molecular flexibility index (Phi) is 3.61. The Morgan fingerprint density at radius 3 is 2.68 bits per heavy atom. The first-order valence-corrected chi connectivity index (χ1v) is 5.64. The lowest BCUT2D eigenvalue weighted by molar-refractivity contribution is 0.0947. The molecule has 6 heteroatoms. The predicted octanol–water partition coefficient (Wildman–Crippen LogP) is 1.13. The number of aromatic nitrogens is 2. The van der Waals surface area contributed by atoms with Crippen LogP contribution in [0.4, 0.5) is 0 Å². The third-order valence-electron chi connectivity index (χ3n) is 2.49. The molecule has 98 valence electrons. The summed E-state index contributed by atoms with van der Waals surface area (Å²) >= 11 is 0. The van der Waals surface area contributed by atoms with Crippen LogP contribution in [0.15, 0.2) is 30.6 Å². The van der Waals surface area contributed by atoms with Crippen molar-refractivity contribution < 1.29 is 15.0 Å². The zero-order chi connectivity index (χ0) is 13.8. The second kappa shape index (κ2) is 5.34. The molecule has 0 saturated heterocycles. The Bertz CT molecular complexity index is 597. The molecule has 1 heterocycles. The van der Waals surface area contributed by atoms with Crippen LogP contribution in [0.5, 0.6) is 11.5 Å². The monoisotopic (exact) mass is 259 g/mol. The molecule has 0 aliphatic rings. The fourth-order valence-electron chi connectivity index (χ4n) is 1.49. The number of nitrogens with one attached hydrogen (secondary N) is 1. The largest absolute Gasteiger partial charge is 0.508 e. The van der Waals surface area contributed by atoms with Gasteiger partial charge in [-0.15, -0.1) is 0 Å². The fourth-order valence-corrected chi connectivity index (χ4v) is 1.49. The van der Waals surface area contributed by atoms with Gasteiger partial charge in [-0.2, -0.15) is 0 Å². The number of amides is 1. The highest BCUT2D eigenvalue weighted by Crippen LogP contribution is 2.22. The molecule has 1 aromatic heterocycles. The molecule has 0 fully saturated rings. The number of phenols is 2. The molecule has 0 aliphatic carbocycles. The molecule has 0 spiro atoms. The van der Waals surface area contributed by atoms with Gasteiger partial charge in [-0.3, -0.25) is 14.8 Å². The number of carbonyl (C=O) groups is 1. The summed E-state index contributed by atoms with van der Waals surface area (Å²) in [4.78, 5) is 20.0. The van der Waals surface area contributed by atoms with Crippen molar-refractivity contribution in [2.45, 2.75) is 13.5 Å². The zero-order valence-electron chi connectivity index (χ0n) is 10.3. The van der Waals surface area contributed by atoms with E-state index < -0.39 is 5.91 Å². The minimum atomic E-state index is -0.445. The highest BCUT2D eigenvalue weighted by Gasteiger charge is 2.11. The van der Waals surface area contributed by atoms with Gasteiger partial charge in [-0.1, -0.05) is 0 Å². The van der Waals surface area contributed by atoms with Crippen molar-refractivity contribution in [3.05, 3.63) is 47.5 Å². The SMILES string of the molecule is Cc1cnc(CNC(=O)c2ccc(O)cc2O)cn1. The first-order chi connectivity index (χ1) is 9.06. The van der Waals surface area contributed by atoms with Gasteiger partial charge in [-0.25, -0.2) is 0 Å². The van der Waals surface area contributed by atoms with Gasteiger partial charge >= 0.3 is 0 Å². The second-order valence-electron chi connectivity index (χ2n) is 4.03. The van der Waals surface area contributed by atoms with Gasteiger partial charge < -0.3 is 15.5 Å². The van der Waals surface area contributed by atoms with E-state index in [1.165, 1.54) is 12.1 Å². The number of nitrogens with zero attached hydrogens (tertiary/aromatic N) is 2. The van der Waals surface area contributed by atoms with E-state index in [1.54, 1.807) is 12.4 Å². The minimum Gasteiger partial charge on any atom is -0.508 e. The normalized spacial score (nSPS) is 10.2. The lowest BCUT2D eigenvalue weighted by atomic mass is 10.2. The fraction of sp³-hybridized carbons (Fsp3) is 0.154. The predicted molar refractivity (Wildman–Crippen MR) is 67.7 cm³/mol. The summed E-state index contributed by atoms with van der Waals surface area (Å²) in [5.74, 6) is -0.814. The molecule has 0 aliphatic heterocycles. The van der Waals surface area contributed by atoms with Gasteiger partial charge in [0.25, 0.3) is 5.91 Å². The molecule has 6 nitrogen and oxygen atoms in total. The number of aryl methyl sites for hydroxylation is 1. The number of benzene rings is 1. The lowest BCUT2D eigenvalue weighted by Crippen LogP contribution is -2.23. The first-order valence-electron chi connectivity index (χ1n) is 5.64. The topological polar surface area (TPSA) is 95.3 Å². The summed E-state index contributed by atoms with van der Waals surface area (Å²) in [7, 11) is 0. The molecule has 0 saturated carbocycles. The van der Waals surface area contributed by atoms with E-state index in [0.29, 0.717) is 5.69 Å². The molecule has 0 radical (unpaired) electrons. The highest BCUT2D eigenvalue weighted by atomic mass is 16.3. The summed E-state index contributed by atoms with van der Waals surface area (Å²) in [6.07, 6.45) is 3.19. The van der Waals surface area contributed by atoms with Gasteiger partial charge in [-0.05, 0) is 19.1 Å². The molecular weight excluding hydrogens is 246 g/mol. The van der Waals surface area contributed by atoms with Crippen molar-refractivity contribution in [3.8, 4) is 11.5 Å². The van der Waals surface area contributed by atoms with Gasteiger partial charge in [0.05, 0.1) is 29.7 Å². The standard InChI is InChI=1S/C13H13N3O3/c1-8-5-15-9(6-14-8)7-16-13(19)11-3-2-10(17)4-12(11)18/h2-6,17-18H,7H2,1H3,(H,16,19). The third kappa shape index (κ3) is 3.19. The van der Waals surface area contributed by atoms with Crippen molar-refractivity contribution in [1.82, 2.24) is 15.3 Å². The van der Waals surface area contributed by atoms with Crippen molar-refractivity contribution in [1.29, 1.82) is 0 Å². The van der Waals surface area contributed by atoms with Gasteiger partial charge in [0.15, 0.2) is 0 Å². The average molecular weight is 259 g/mol. The van der Waals surface area contributed by atoms with E-state index in [1.807, 2.05) is 6.92 Å². The molecule has 2 aromatic rings. The molecular formula is C13H13N3O3. The van der Waals surface area contributed by atoms with E-state index in [2.05, 4.69) is 15.3 Å². The summed E-state index contributed by atoms with van der Waals surface area (Å²) in [6, 6.07) is 3.79. The number of carbonyl (C=O) groups excluding carboxylic acids is 1. The Labute approximate surface area is 109 Å². The minimum absolute atomic E-state index is 0.0953. The van der Waals surface area contributed by atoms with Crippen molar-refractivity contribution in [3.63, 3.8) is 0 Å². The maximum atomic E-state index is 11.8. The Hall–Kier alpha value is -2.63. The van der Waals surface area contributed by atoms with Crippen LogP contribution in [0, 0.1) is 6.92 Å². The molecule has 0 atom stereocenters. The van der Waals surface area contributed by atoms with Crippen LogP contribution in [0.2, 0.25) is 0 Å². The molecule has 1 amide bonds. The van der Waals surface area contributed by atoms with Crippen LogP contribution in [0.25, 0.3) is 0 Å². The highest BCUT2D eigenvalue weighted by molar-refractivity contribution is 5.96. The lowest BCUT2D eigenvalue weighted by Gasteiger charge is -2.06. The van der Waals surface area contributed by atoms with E-state index in [9.17, 15) is 9.90 Å². The van der Waals surface area contributed by atoms with Crippen LogP contribution in [-0.4, -0.2) is 26.1 Å². The molecule has 3 N–H and O–H groups in total. The maximum absolute atomic E-state index is 11.8. The van der Waals surface area contributed by atoms with E-state index >= 15 is 0 Å². The van der Waals surface area contributed by atoms with Crippen LogP contribution < -0.4 is 5.32 Å². The summed E-state index contributed by atoms with van der Waals surface area (Å²) in [5, 5.41) is 21.3. The van der Waals surface area contributed by atoms with E-state index in [-0.39, 0.29) is 23.6 Å². The second-order valence-corrected chi connectivity index (χ2v) is 4.03. The van der Waals surface area contributed by atoms with Crippen molar-refractivity contribution in [2.24, 2.45) is 0 Å². The number of hydrogen-bond acceptors (Lipinski definition) is 5. The molecule has 0 unspecified atom stereocenters. The smallest absolute Gasteiger partial charge is 0.255 e. The van der Waals surface area contributed by atoms with Gasteiger partial charge in [0, 0.05) is 12.3 Å². The van der Waals surface area contributed by atoms with E-state index in [4.69, 9.17) is 5.11 Å². The Morgan fingerprint density at radius 2 is 2.05 bits per heavy atom. The molecule has 1 aromatic carbocycles. The van der Waals surface area contributed by atoms with E-state index in [0.717, 1.165) is 11.8 Å². The van der Waals surface area contributed by atoms with Gasteiger partial charge in [0.2, 0.25) is 0 Å². The Balaban J connectivity index is 2.03. The number of aromatic hydroxyl groups is 2.